The largest absolute Gasteiger partial charge is 0.497 e. The minimum atomic E-state index is 0. The zero-order valence-electron chi connectivity index (χ0n) is 17.1. The van der Waals surface area contributed by atoms with Crippen molar-refractivity contribution in [3.05, 3.63) is 36.4 Å². The summed E-state index contributed by atoms with van der Waals surface area (Å²) in [7, 11) is 5.36. The third-order valence-corrected chi connectivity index (χ3v) is 4.15. The topological polar surface area (TPSA) is 76.8 Å². The molecular formula is C19H31IN6O2. The molecule has 1 aromatic heterocycles. The highest BCUT2D eigenvalue weighted by Gasteiger charge is 2.11. The van der Waals surface area contributed by atoms with Crippen molar-refractivity contribution in [2.75, 3.05) is 34.4 Å². The first-order chi connectivity index (χ1) is 13.2. The van der Waals surface area contributed by atoms with Crippen LogP contribution in [0.5, 0.6) is 11.5 Å². The van der Waals surface area contributed by atoms with Crippen LogP contribution in [0.4, 0.5) is 0 Å². The van der Waals surface area contributed by atoms with Crippen LogP contribution in [0.15, 0.2) is 35.8 Å². The molecule has 0 saturated carbocycles. The van der Waals surface area contributed by atoms with Gasteiger partial charge in [-0.3, -0.25) is 4.99 Å². The number of unbranched alkanes of at least 4 members (excludes halogenated alkanes) is 1. The highest BCUT2D eigenvalue weighted by atomic mass is 127. The van der Waals surface area contributed by atoms with Gasteiger partial charge in [0.05, 0.1) is 14.2 Å². The fourth-order valence-corrected chi connectivity index (χ4v) is 2.71. The molecule has 0 amide bonds. The minimum absolute atomic E-state index is 0. The quantitative estimate of drug-likeness (QED) is 0.233. The fraction of sp³-hybridized carbons (Fsp3) is 0.526. The molecule has 0 saturated heterocycles. The van der Waals surface area contributed by atoms with Gasteiger partial charge in [-0.25, -0.2) is 0 Å². The van der Waals surface area contributed by atoms with Gasteiger partial charge >= 0.3 is 0 Å². The maximum absolute atomic E-state index is 5.50. The van der Waals surface area contributed by atoms with Gasteiger partial charge in [0.1, 0.15) is 24.2 Å². The van der Waals surface area contributed by atoms with Gasteiger partial charge < -0.3 is 24.3 Å². The SMILES string of the molecule is CCNC(=NCCCCn1cnnc1)N(C)Cc1ccc(OC)cc1OC.I. The number of nitrogens with one attached hydrogen (secondary N) is 1. The van der Waals surface area contributed by atoms with Crippen molar-refractivity contribution in [1.29, 1.82) is 0 Å². The standard InChI is InChI=1S/C19H30N6O2.HI/c1-5-20-19(21-10-6-7-11-25-14-22-23-15-25)24(2)13-16-8-9-17(26-3)12-18(16)27-4;/h8-9,12,14-15H,5-7,10-11,13H2,1-4H3,(H,20,21);1H. The average molecular weight is 502 g/mol. The van der Waals surface area contributed by atoms with Crippen LogP contribution in [-0.2, 0) is 13.1 Å². The summed E-state index contributed by atoms with van der Waals surface area (Å²) in [4.78, 5) is 6.85. The molecular weight excluding hydrogens is 471 g/mol. The van der Waals surface area contributed by atoms with E-state index in [1.807, 2.05) is 29.8 Å². The molecule has 0 aliphatic heterocycles. The Morgan fingerprint density at radius 2 is 1.93 bits per heavy atom. The van der Waals surface area contributed by atoms with Crippen LogP contribution in [0.25, 0.3) is 0 Å². The van der Waals surface area contributed by atoms with E-state index in [0.717, 1.165) is 55.5 Å². The molecule has 1 heterocycles. The van der Waals surface area contributed by atoms with E-state index in [9.17, 15) is 0 Å². The molecule has 8 nitrogen and oxygen atoms in total. The first-order valence-electron chi connectivity index (χ1n) is 9.20. The van der Waals surface area contributed by atoms with Gasteiger partial charge in [-0.05, 0) is 31.9 Å². The van der Waals surface area contributed by atoms with E-state index >= 15 is 0 Å². The molecule has 0 atom stereocenters. The summed E-state index contributed by atoms with van der Waals surface area (Å²) >= 11 is 0. The monoisotopic (exact) mass is 502 g/mol. The molecule has 0 spiro atoms. The van der Waals surface area contributed by atoms with E-state index < -0.39 is 0 Å². The Balaban J connectivity index is 0.00000392. The lowest BCUT2D eigenvalue weighted by atomic mass is 10.2. The number of rotatable bonds is 10. The van der Waals surface area contributed by atoms with E-state index in [1.165, 1.54) is 0 Å². The van der Waals surface area contributed by atoms with E-state index in [2.05, 4.69) is 27.3 Å². The Labute approximate surface area is 184 Å². The number of benzene rings is 1. The molecule has 0 aliphatic rings. The second-order valence-corrected chi connectivity index (χ2v) is 6.18. The van der Waals surface area contributed by atoms with Gasteiger partial charge in [0, 0.05) is 44.9 Å². The summed E-state index contributed by atoms with van der Waals surface area (Å²) in [5.74, 6) is 2.48. The fourth-order valence-electron chi connectivity index (χ4n) is 2.71. The van der Waals surface area contributed by atoms with E-state index in [1.54, 1.807) is 26.9 Å². The van der Waals surface area contributed by atoms with Gasteiger partial charge in [-0.15, -0.1) is 34.2 Å². The lowest BCUT2D eigenvalue weighted by Gasteiger charge is -2.23. The Kier molecular flexibility index (Phi) is 11.3. The normalized spacial score (nSPS) is 10.9. The summed E-state index contributed by atoms with van der Waals surface area (Å²) in [6.07, 6.45) is 5.52. The molecule has 1 N–H and O–H groups in total. The summed E-state index contributed by atoms with van der Waals surface area (Å²) in [5, 5.41) is 11.0. The van der Waals surface area contributed by atoms with E-state index in [0.29, 0.717) is 6.54 Å². The Hall–Kier alpha value is -2.04. The van der Waals surface area contributed by atoms with E-state index in [-0.39, 0.29) is 24.0 Å². The van der Waals surface area contributed by atoms with Crippen LogP contribution in [0, 0.1) is 0 Å². The molecule has 1 aromatic carbocycles. The first-order valence-corrected chi connectivity index (χ1v) is 9.20. The molecule has 0 fully saturated rings. The van der Waals surface area contributed by atoms with Crippen molar-refractivity contribution in [3.63, 3.8) is 0 Å². The van der Waals surface area contributed by atoms with Gasteiger partial charge in [0.25, 0.3) is 0 Å². The zero-order valence-corrected chi connectivity index (χ0v) is 19.4. The van der Waals surface area contributed by atoms with Crippen LogP contribution in [0.2, 0.25) is 0 Å². The van der Waals surface area contributed by atoms with Crippen LogP contribution in [0.1, 0.15) is 25.3 Å². The summed E-state index contributed by atoms with van der Waals surface area (Å²) in [6, 6.07) is 5.87. The van der Waals surface area contributed by atoms with Crippen molar-refractivity contribution in [2.45, 2.75) is 32.9 Å². The number of aromatic nitrogens is 3. The molecule has 0 radical (unpaired) electrons. The molecule has 0 bridgehead atoms. The van der Waals surface area contributed by atoms with E-state index in [4.69, 9.17) is 14.5 Å². The van der Waals surface area contributed by atoms with Crippen molar-refractivity contribution in [1.82, 2.24) is 25.0 Å². The first kappa shape index (κ1) is 24.0. The average Bonchev–Trinajstić information content (AvgIpc) is 3.20. The van der Waals surface area contributed by atoms with Crippen molar-refractivity contribution in [2.24, 2.45) is 4.99 Å². The molecule has 2 rings (SSSR count). The van der Waals surface area contributed by atoms with Crippen molar-refractivity contribution < 1.29 is 9.47 Å². The van der Waals surface area contributed by atoms with Crippen LogP contribution < -0.4 is 14.8 Å². The van der Waals surface area contributed by atoms with Crippen molar-refractivity contribution in [3.8, 4) is 11.5 Å². The highest BCUT2D eigenvalue weighted by molar-refractivity contribution is 14.0. The number of aliphatic imine (C=N–C) groups is 1. The molecule has 156 valence electrons. The molecule has 9 heteroatoms. The number of hydrogen-bond acceptors (Lipinski definition) is 5. The number of guanidine groups is 1. The van der Waals surface area contributed by atoms with Gasteiger partial charge in [0.2, 0.25) is 0 Å². The third kappa shape index (κ3) is 7.53. The molecule has 0 unspecified atom stereocenters. The predicted molar refractivity (Wildman–Crippen MR) is 122 cm³/mol. The number of aryl methyl sites for hydroxylation is 1. The number of halogens is 1. The second kappa shape index (κ2) is 13.2. The second-order valence-electron chi connectivity index (χ2n) is 6.18. The lowest BCUT2D eigenvalue weighted by molar-refractivity contribution is 0.382. The molecule has 2 aromatic rings. The van der Waals surface area contributed by atoms with Crippen molar-refractivity contribution >= 4 is 29.9 Å². The smallest absolute Gasteiger partial charge is 0.193 e. The predicted octanol–water partition coefficient (Wildman–Crippen LogP) is 2.79. The zero-order chi connectivity index (χ0) is 19.5. The highest BCUT2D eigenvalue weighted by Crippen LogP contribution is 2.25. The summed E-state index contributed by atoms with van der Waals surface area (Å²) < 4.78 is 12.7. The number of hydrogen-bond donors (Lipinski definition) is 1. The minimum Gasteiger partial charge on any atom is -0.497 e. The van der Waals surface area contributed by atoms with Gasteiger partial charge in [0.15, 0.2) is 5.96 Å². The number of methoxy groups -OCH3 is 2. The maximum Gasteiger partial charge on any atom is 0.193 e. The van der Waals surface area contributed by atoms with Gasteiger partial charge in [-0.1, -0.05) is 0 Å². The van der Waals surface area contributed by atoms with Crippen LogP contribution >= 0.6 is 24.0 Å². The van der Waals surface area contributed by atoms with Crippen LogP contribution in [-0.4, -0.2) is 60.0 Å². The summed E-state index contributed by atoms with van der Waals surface area (Å²) in [5.41, 5.74) is 1.08. The Morgan fingerprint density at radius 1 is 1.18 bits per heavy atom. The van der Waals surface area contributed by atoms with Crippen LogP contribution in [0.3, 0.4) is 0 Å². The molecule has 28 heavy (non-hydrogen) atoms. The Morgan fingerprint density at radius 3 is 2.57 bits per heavy atom. The third-order valence-electron chi connectivity index (χ3n) is 4.15. The lowest BCUT2D eigenvalue weighted by Crippen LogP contribution is -2.38. The molecule has 0 aliphatic carbocycles. The maximum atomic E-state index is 5.50. The summed E-state index contributed by atoms with van der Waals surface area (Å²) in [6.45, 7) is 5.28. The number of ether oxygens (including phenoxy) is 2. The Bertz CT molecular complexity index is 708. The van der Waals surface area contributed by atoms with Gasteiger partial charge in [-0.2, -0.15) is 0 Å². The number of nitrogens with zero attached hydrogens (tertiary/aromatic N) is 5.